The molecule has 2 aromatic heterocycles. The molecule has 0 aliphatic rings. The van der Waals surface area contributed by atoms with Crippen molar-refractivity contribution in [2.45, 2.75) is 33.2 Å². The number of hydrogen-bond acceptors (Lipinski definition) is 3. The van der Waals surface area contributed by atoms with E-state index in [4.69, 9.17) is 4.74 Å². The van der Waals surface area contributed by atoms with E-state index in [9.17, 15) is 0 Å². The Morgan fingerprint density at radius 3 is 2.92 bits per heavy atom. The van der Waals surface area contributed by atoms with Gasteiger partial charge in [0.2, 0.25) is 0 Å². The van der Waals surface area contributed by atoms with Crippen molar-refractivity contribution < 1.29 is 4.74 Å². The quantitative estimate of drug-likeness (QED) is 0.391. The van der Waals surface area contributed by atoms with Crippen LogP contribution < -0.4 is 10.6 Å². The van der Waals surface area contributed by atoms with Crippen molar-refractivity contribution in [2.24, 2.45) is 4.99 Å². The Labute approximate surface area is 161 Å². The molecule has 2 rings (SSSR count). The Morgan fingerprint density at radius 2 is 2.25 bits per heavy atom. The molecule has 0 radical (unpaired) electrons. The molecule has 1 unspecified atom stereocenters. The molecule has 24 heavy (non-hydrogen) atoms. The maximum absolute atomic E-state index is 5.14. The van der Waals surface area contributed by atoms with Crippen molar-refractivity contribution in [3.8, 4) is 0 Å². The average molecular weight is 445 g/mol. The van der Waals surface area contributed by atoms with Gasteiger partial charge in [-0.1, -0.05) is 6.07 Å². The summed E-state index contributed by atoms with van der Waals surface area (Å²) >= 11 is 0. The summed E-state index contributed by atoms with van der Waals surface area (Å²) in [5.41, 5.74) is 3.26. The topological polar surface area (TPSA) is 63.0 Å². The van der Waals surface area contributed by atoms with Crippen LogP contribution in [-0.4, -0.2) is 48.2 Å². The van der Waals surface area contributed by atoms with Crippen LogP contribution in [0.1, 0.15) is 25.1 Å². The number of fused-ring (bicyclic) bond motifs is 1. The van der Waals surface area contributed by atoms with Gasteiger partial charge in [0, 0.05) is 45.1 Å². The largest absolute Gasteiger partial charge is 0.383 e. The number of pyridine rings is 1. The van der Waals surface area contributed by atoms with Gasteiger partial charge in [-0.2, -0.15) is 0 Å². The highest BCUT2D eigenvalue weighted by Gasteiger charge is 2.06. The monoisotopic (exact) mass is 445 g/mol. The lowest BCUT2D eigenvalue weighted by molar-refractivity contribution is 0.179. The molecule has 0 saturated carbocycles. The second-order valence-corrected chi connectivity index (χ2v) is 5.67. The van der Waals surface area contributed by atoms with E-state index >= 15 is 0 Å². The van der Waals surface area contributed by atoms with Crippen molar-refractivity contribution in [1.29, 1.82) is 0 Å². The molecule has 1 atom stereocenters. The minimum Gasteiger partial charge on any atom is -0.383 e. The third-order valence-corrected chi connectivity index (χ3v) is 3.51. The van der Waals surface area contributed by atoms with E-state index in [1.54, 1.807) is 7.11 Å². The summed E-state index contributed by atoms with van der Waals surface area (Å²) in [7, 11) is 1.70. The predicted octanol–water partition coefficient (Wildman–Crippen LogP) is 2.39. The van der Waals surface area contributed by atoms with Gasteiger partial charge >= 0.3 is 0 Å². The lowest BCUT2D eigenvalue weighted by Crippen LogP contribution is -2.44. The van der Waals surface area contributed by atoms with Crippen LogP contribution in [0, 0.1) is 6.92 Å². The Morgan fingerprint density at radius 1 is 1.46 bits per heavy atom. The highest BCUT2D eigenvalue weighted by Crippen LogP contribution is 2.10. The molecule has 0 spiro atoms. The van der Waals surface area contributed by atoms with Crippen molar-refractivity contribution in [2.75, 3.05) is 26.8 Å². The number of guanidine groups is 1. The molecule has 134 valence electrons. The Kier molecular flexibility index (Phi) is 9.05. The highest BCUT2D eigenvalue weighted by molar-refractivity contribution is 14.0. The summed E-state index contributed by atoms with van der Waals surface area (Å²) in [5.74, 6) is 0.817. The zero-order valence-electron chi connectivity index (χ0n) is 14.9. The molecule has 0 aliphatic heterocycles. The van der Waals surface area contributed by atoms with Gasteiger partial charge in [-0.15, -0.1) is 24.0 Å². The van der Waals surface area contributed by atoms with Crippen LogP contribution in [0.25, 0.3) is 5.65 Å². The van der Waals surface area contributed by atoms with Crippen LogP contribution in [0.2, 0.25) is 0 Å². The smallest absolute Gasteiger partial charge is 0.191 e. The van der Waals surface area contributed by atoms with Crippen LogP contribution in [-0.2, 0) is 11.2 Å². The van der Waals surface area contributed by atoms with Crippen molar-refractivity contribution >= 4 is 35.6 Å². The second-order valence-electron chi connectivity index (χ2n) is 5.67. The van der Waals surface area contributed by atoms with Crippen LogP contribution >= 0.6 is 24.0 Å². The normalized spacial score (nSPS) is 12.8. The summed E-state index contributed by atoms with van der Waals surface area (Å²) in [4.78, 5) is 9.29. The fraction of sp³-hybridized carbons (Fsp3) is 0.529. The molecule has 2 heterocycles. The number of imidazole rings is 1. The van der Waals surface area contributed by atoms with E-state index in [-0.39, 0.29) is 30.0 Å². The lowest BCUT2D eigenvalue weighted by Gasteiger charge is -2.16. The number of aromatic nitrogens is 2. The number of nitrogens with zero attached hydrogens (tertiary/aromatic N) is 3. The molecule has 2 aromatic rings. The van der Waals surface area contributed by atoms with Crippen LogP contribution in [0.5, 0.6) is 0 Å². The first-order chi connectivity index (χ1) is 11.1. The molecule has 0 saturated heterocycles. The summed E-state index contributed by atoms with van der Waals surface area (Å²) in [5, 5.41) is 6.58. The van der Waals surface area contributed by atoms with Gasteiger partial charge in [0.05, 0.1) is 12.3 Å². The Hall–Kier alpha value is -1.35. The van der Waals surface area contributed by atoms with Gasteiger partial charge in [-0.05, 0) is 32.4 Å². The first kappa shape index (κ1) is 20.7. The minimum absolute atomic E-state index is 0. The van der Waals surface area contributed by atoms with Crippen LogP contribution in [0.3, 0.4) is 0 Å². The maximum atomic E-state index is 5.14. The van der Waals surface area contributed by atoms with E-state index in [0.29, 0.717) is 13.2 Å². The number of halogens is 1. The maximum Gasteiger partial charge on any atom is 0.191 e. The van der Waals surface area contributed by atoms with E-state index < -0.39 is 0 Å². The van der Waals surface area contributed by atoms with Gasteiger partial charge in [0.1, 0.15) is 5.65 Å². The predicted molar refractivity (Wildman–Crippen MR) is 110 cm³/mol. The van der Waals surface area contributed by atoms with E-state index in [1.807, 2.05) is 12.3 Å². The number of aliphatic imine (C=N–C) groups is 1. The zero-order chi connectivity index (χ0) is 16.7. The first-order valence-electron chi connectivity index (χ1n) is 8.11. The van der Waals surface area contributed by atoms with Crippen molar-refractivity contribution in [3.63, 3.8) is 0 Å². The fourth-order valence-electron chi connectivity index (χ4n) is 2.45. The number of ether oxygens (including phenoxy) is 1. The summed E-state index contributed by atoms with van der Waals surface area (Å²) in [6.45, 7) is 8.38. The molecular weight excluding hydrogens is 417 g/mol. The molecule has 7 heteroatoms. The fourth-order valence-corrected chi connectivity index (χ4v) is 2.45. The standard InChI is InChI=1S/C17H27N5O.HI/c1-5-18-17(20-14(3)12-23-4)19-9-8-15-11-22-10-6-7-13(2)16(22)21-15;/h6-7,10-11,14H,5,8-9,12H2,1-4H3,(H2,18,19,20);1H. The van der Waals surface area contributed by atoms with Gasteiger partial charge in [0.25, 0.3) is 0 Å². The summed E-state index contributed by atoms with van der Waals surface area (Å²) in [6, 6.07) is 4.33. The molecular formula is C17H28IN5O. The van der Waals surface area contributed by atoms with Gasteiger partial charge < -0.3 is 19.8 Å². The zero-order valence-corrected chi connectivity index (χ0v) is 17.2. The Bertz CT molecular complexity index is 655. The average Bonchev–Trinajstić information content (AvgIpc) is 2.92. The number of rotatable bonds is 7. The molecule has 0 fully saturated rings. The molecule has 6 nitrogen and oxygen atoms in total. The molecule has 0 aliphatic carbocycles. The molecule has 0 amide bonds. The number of aryl methyl sites for hydroxylation is 1. The molecule has 0 aromatic carbocycles. The summed E-state index contributed by atoms with van der Waals surface area (Å²) < 4.78 is 7.21. The van der Waals surface area contributed by atoms with Gasteiger partial charge in [-0.3, -0.25) is 4.99 Å². The number of nitrogens with one attached hydrogen (secondary N) is 2. The van der Waals surface area contributed by atoms with Crippen molar-refractivity contribution in [1.82, 2.24) is 20.0 Å². The van der Waals surface area contributed by atoms with Gasteiger partial charge in [0.15, 0.2) is 5.96 Å². The van der Waals surface area contributed by atoms with E-state index in [1.165, 1.54) is 5.56 Å². The SMILES string of the molecule is CCNC(=NCCc1cn2cccc(C)c2n1)NC(C)COC.I. The lowest BCUT2D eigenvalue weighted by atomic mass is 10.3. The highest BCUT2D eigenvalue weighted by atomic mass is 127. The molecule has 2 N–H and O–H groups in total. The third kappa shape index (κ3) is 5.94. The van der Waals surface area contributed by atoms with E-state index in [0.717, 1.165) is 30.3 Å². The number of methoxy groups -OCH3 is 1. The second kappa shape index (κ2) is 10.5. The van der Waals surface area contributed by atoms with Crippen LogP contribution in [0.15, 0.2) is 29.5 Å². The number of hydrogen-bond donors (Lipinski definition) is 2. The summed E-state index contributed by atoms with van der Waals surface area (Å²) in [6.07, 6.45) is 4.92. The van der Waals surface area contributed by atoms with Gasteiger partial charge in [-0.25, -0.2) is 4.98 Å². The first-order valence-corrected chi connectivity index (χ1v) is 8.11. The minimum atomic E-state index is 0. The van der Waals surface area contributed by atoms with Crippen LogP contribution in [0.4, 0.5) is 0 Å². The van der Waals surface area contributed by atoms with Crippen molar-refractivity contribution in [3.05, 3.63) is 35.8 Å². The molecule has 0 bridgehead atoms. The van der Waals surface area contributed by atoms with E-state index in [2.05, 4.69) is 58.0 Å². The third-order valence-electron chi connectivity index (χ3n) is 3.51. The Balaban J connectivity index is 0.00000288.